The van der Waals surface area contributed by atoms with E-state index >= 15 is 0 Å². The first-order chi connectivity index (χ1) is 18.1. The van der Waals surface area contributed by atoms with Crippen molar-refractivity contribution in [2.24, 2.45) is 5.41 Å². The van der Waals surface area contributed by atoms with Crippen molar-refractivity contribution < 1.29 is 23.9 Å². The van der Waals surface area contributed by atoms with Gasteiger partial charge < -0.3 is 30.1 Å². The molecule has 206 valence electrons. The summed E-state index contributed by atoms with van der Waals surface area (Å²) in [5, 5.41) is 16.3. The second-order valence-electron chi connectivity index (χ2n) is 10.9. The number of aliphatic hydroxyl groups is 1. The van der Waals surface area contributed by atoms with Crippen molar-refractivity contribution in [3.63, 3.8) is 0 Å². The van der Waals surface area contributed by atoms with Gasteiger partial charge in [-0.05, 0) is 67.6 Å². The molecular formula is C26H35ClN5O5P. The third-order valence-corrected chi connectivity index (χ3v) is 8.84. The minimum atomic E-state index is -3.53. The lowest BCUT2D eigenvalue weighted by Crippen LogP contribution is -2.39. The van der Waals surface area contributed by atoms with Gasteiger partial charge in [-0.15, -0.1) is 0 Å². The third kappa shape index (κ3) is 6.66. The van der Waals surface area contributed by atoms with E-state index in [1.165, 1.54) is 19.5 Å². The van der Waals surface area contributed by atoms with Gasteiger partial charge in [-0.25, -0.2) is 4.98 Å². The molecule has 1 aliphatic heterocycles. The molecule has 1 saturated heterocycles. The predicted octanol–water partition coefficient (Wildman–Crippen LogP) is 4.10. The Hall–Kier alpha value is -2.23. The Morgan fingerprint density at radius 1 is 1.26 bits per heavy atom. The number of aromatic nitrogens is 2. The molecule has 1 aromatic carbocycles. The Balaban J connectivity index is 1.29. The van der Waals surface area contributed by atoms with E-state index in [1.54, 1.807) is 18.3 Å². The van der Waals surface area contributed by atoms with E-state index in [0.717, 1.165) is 25.1 Å². The summed E-state index contributed by atoms with van der Waals surface area (Å²) in [5.41, 5.74) is 2.33. The van der Waals surface area contributed by atoms with E-state index in [2.05, 4.69) is 20.5 Å². The van der Waals surface area contributed by atoms with E-state index < -0.39 is 7.60 Å². The maximum atomic E-state index is 13.3. The van der Waals surface area contributed by atoms with E-state index in [4.69, 9.17) is 21.1 Å². The average Bonchev–Trinajstić information content (AvgIpc) is 3.51. The van der Waals surface area contributed by atoms with Crippen molar-refractivity contribution in [1.29, 1.82) is 0 Å². The normalized spacial score (nSPS) is 23.7. The molecule has 2 saturated carbocycles. The van der Waals surface area contributed by atoms with E-state index in [9.17, 15) is 19.4 Å². The molecule has 3 aliphatic rings. The number of aliphatic hydroxyl groups excluding tert-OH is 1. The molecule has 0 radical (unpaired) electrons. The molecule has 1 amide bonds. The zero-order valence-electron chi connectivity index (χ0n) is 21.5. The predicted molar refractivity (Wildman–Crippen MR) is 146 cm³/mol. The van der Waals surface area contributed by atoms with Gasteiger partial charge in [0, 0.05) is 43.6 Å². The number of amides is 1. The molecule has 0 bridgehead atoms. The van der Waals surface area contributed by atoms with Gasteiger partial charge in [-0.1, -0.05) is 23.7 Å². The van der Waals surface area contributed by atoms with Crippen LogP contribution in [0.2, 0.25) is 5.02 Å². The van der Waals surface area contributed by atoms with Crippen molar-refractivity contribution >= 4 is 36.9 Å². The molecule has 1 aromatic heterocycles. The van der Waals surface area contributed by atoms with Gasteiger partial charge in [0.15, 0.2) is 0 Å². The molecule has 38 heavy (non-hydrogen) atoms. The molecule has 12 heteroatoms. The Labute approximate surface area is 227 Å². The van der Waals surface area contributed by atoms with Crippen LogP contribution in [-0.2, 0) is 22.2 Å². The van der Waals surface area contributed by atoms with Crippen LogP contribution in [0.5, 0.6) is 0 Å². The average molecular weight is 564 g/mol. The molecule has 2 heterocycles. The fraction of sp³-hybridized carbons (Fsp3) is 0.577. The molecule has 3 fully saturated rings. The zero-order valence-corrected chi connectivity index (χ0v) is 23.2. The lowest BCUT2D eigenvalue weighted by atomic mass is 9.93. The topological polar surface area (TPSA) is 137 Å². The van der Waals surface area contributed by atoms with Crippen molar-refractivity contribution in [3.05, 3.63) is 46.1 Å². The highest BCUT2D eigenvalue weighted by atomic mass is 35.5. The Bertz CT molecular complexity index is 1230. The van der Waals surface area contributed by atoms with Crippen LogP contribution in [0, 0.1) is 5.41 Å². The molecule has 1 atom stereocenters. The number of halogens is 1. The highest BCUT2D eigenvalue weighted by molar-refractivity contribution is 7.51. The maximum absolute atomic E-state index is 13.3. The molecule has 10 nitrogen and oxygen atoms in total. The van der Waals surface area contributed by atoms with Crippen LogP contribution in [0.4, 0.5) is 11.8 Å². The third-order valence-electron chi connectivity index (χ3n) is 7.80. The number of hydrogen-bond acceptors (Lipinski definition) is 8. The van der Waals surface area contributed by atoms with Gasteiger partial charge in [0.1, 0.15) is 11.4 Å². The number of nitrogens with zero attached hydrogens (tertiary/aromatic N) is 3. The van der Waals surface area contributed by atoms with E-state index in [0.29, 0.717) is 65.6 Å². The first kappa shape index (κ1) is 27.3. The standard InChI is InChI=1S/C26H35ClN5O5P/c1-38(35,36)37-20-6-4-19(5-7-20)30-24(34)21-14-29-25(32-11-10-26(16-32)8-9-26)31-23(21)28-13-17-2-3-18(15-33)22(27)12-17/h2-3,12,14,19-20,33H,4-11,13,15-16H2,1H3,(H,30,34)(H,35,36)(H,28,29,31). The molecule has 2 aromatic rings. The number of nitrogens with one attached hydrogen (secondary N) is 2. The molecule has 5 rings (SSSR count). The summed E-state index contributed by atoms with van der Waals surface area (Å²) in [5.74, 6) is 0.809. The van der Waals surface area contributed by atoms with Crippen molar-refractivity contribution in [2.45, 2.75) is 70.2 Å². The Kier molecular flexibility index (Phi) is 7.99. The molecule has 1 unspecified atom stereocenters. The summed E-state index contributed by atoms with van der Waals surface area (Å²) >= 11 is 6.27. The van der Waals surface area contributed by atoms with Crippen LogP contribution in [0.3, 0.4) is 0 Å². The Morgan fingerprint density at radius 3 is 2.66 bits per heavy atom. The van der Waals surface area contributed by atoms with Crippen LogP contribution in [0.15, 0.2) is 24.4 Å². The van der Waals surface area contributed by atoms with Crippen LogP contribution < -0.4 is 15.5 Å². The van der Waals surface area contributed by atoms with E-state index in [-0.39, 0.29) is 24.7 Å². The monoisotopic (exact) mass is 563 g/mol. The lowest BCUT2D eigenvalue weighted by Gasteiger charge is -2.29. The van der Waals surface area contributed by atoms with Crippen molar-refractivity contribution in [3.8, 4) is 0 Å². The summed E-state index contributed by atoms with van der Waals surface area (Å²) in [4.78, 5) is 34.4. The van der Waals surface area contributed by atoms with Gasteiger partial charge in [0.25, 0.3) is 5.91 Å². The first-order valence-corrected chi connectivity index (χ1v) is 15.6. The minimum Gasteiger partial charge on any atom is -0.392 e. The van der Waals surface area contributed by atoms with Crippen LogP contribution in [-0.4, -0.2) is 57.8 Å². The van der Waals surface area contributed by atoms with Crippen molar-refractivity contribution in [1.82, 2.24) is 15.3 Å². The number of rotatable bonds is 9. The minimum absolute atomic E-state index is 0.0667. The van der Waals surface area contributed by atoms with Crippen LogP contribution >= 0.6 is 19.2 Å². The summed E-state index contributed by atoms with van der Waals surface area (Å²) in [6, 6.07) is 5.39. The van der Waals surface area contributed by atoms with Crippen molar-refractivity contribution in [2.75, 3.05) is 30.0 Å². The van der Waals surface area contributed by atoms with Crippen LogP contribution in [0.25, 0.3) is 0 Å². The van der Waals surface area contributed by atoms with Gasteiger partial charge >= 0.3 is 7.60 Å². The first-order valence-electron chi connectivity index (χ1n) is 13.2. The van der Waals surface area contributed by atoms with Gasteiger partial charge in [-0.3, -0.25) is 9.36 Å². The SMILES string of the molecule is CP(=O)(O)OC1CCC(NC(=O)c2cnc(N3CCC4(CC4)C3)nc2NCc2ccc(CO)c(Cl)c2)CC1. The van der Waals surface area contributed by atoms with Gasteiger partial charge in [0.2, 0.25) is 5.95 Å². The van der Waals surface area contributed by atoms with Gasteiger partial charge in [0.05, 0.1) is 12.7 Å². The van der Waals surface area contributed by atoms with E-state index in [1.807, 2.05) is 6.07 Å². The molecule has 4 N–H and O–H groups in total. The number of carbonyl (C=O) groups is 1. The summed E-state index contributed by atoms with van der Waals surface area (Å²) in [6.07, 6.45) is 7.48. The maximum Gasteiger partial charge on any atom is 0.325 e. The smallest absolute Gasteiger partial charge is 0.325 e. The summed E-state index contributed by atoms with van der Waals surface area (Å²) in [6.45, 7) is 3.32. The quantitative estimate of drug-likeness (QED) is 0.332. The van der Waals surface area contributed by atoms with Gasteiger partial charge in [-0.2, -0.15) is 4.98 Å². The molecule has 1 spiro atoms. The second kappa shape index (κ2) is 11.1. The van der Waals surface area contributed by atoms with Crippen LogP contribution in [0.1, 0.15) is 66.4 Å². The molecular weight excluding hydrogens is 529 g/mol. The summed E-state index contributed by atoms with van der Waals surface area (Å²) in [7, 11) is -3.53. The number of anilines is 2. The second-order valence-corrected chi connectivity index (χ2v) is 13.1. The Morgan fingerprint density at radius 2 is 2.03 bits per heavy atom. The largest absolute Gasteiger partial charge is 0.392 e. The lowest BCUT2D eigenvalue weighted by molar-refractivity contribution is 0.0881. The highest BCUT2D eigenvalue weighted by Gasteiger charge is 2.48. The fourth-order valence-corrected chi connectivity index (χ4v) is 6.41. The highest BCUT2D eigenvalue weighted by Crippen LogP contribution is 2.53. The summed E-state index contributed by atoms with van der Waals surface area (Å²) < 4.78 is 16.8. The zero-order chi connectivity index (χ0) is 26.9. The fourth-order valence-electron chi connectivity index (χ4n) is 5.38. The number of carbonyl (C=O) groups excluding carboxylic acids is 1. The number of benzene rings is 1. The molecule has 2 aliphatic carbocycles. The number of hydrogen-bond donors (Lipinski definition) is 4.